The van der Waals surface area contributed by atoms with Gasteiger partial charge in [-0.1, -0.05) is 0 Å². The van der Waals surface area contributed by atoms with Crippen molar-refractivity contribution in [3.8, 4) is 0 Å². The molecular weight excluding hydrogens is 260 g/mol. The van der Waals surface area contributed by atoms with Crippen LogP contribution in [0.15, 0.2) is 0 Å². The summed E-state index contributed by atoms with van der Waals surface area (Å²) in [5.41, 5.74) is -0.418. The first-order chi connectivity index (χ1) is 9.38. The van der Waals surface area contributed by atoms with Crippen LogP contribution in [0.5, 0.6) is 0 Å². The van der Waals surface area contributed by atoms with E-state index in [0.29, 0.717) is 32.5 Å². The summed E-state index contributed by atoms with van der Waals surface area (Å²) in [5, 5.41) is 0. The van der Waals surface area contributed by atoms with Crippen molar-refractivity contribution in [2.24, 2.45) is 0 Å². The topological polar surface area (TPSA) is 59.1 Å². The predicted molar refractivity (Wildman–Crippen MR) is 75.4 cm³/mol. The van der Waals surface area contributed by atoms with Gasteiger partial charge >= 0.3 is 5.97 Å². The monoisotopic (exact) mass is 286 g/mol. The van der Waals surface area contributed by atoms with Crippen LogP contribution in [-0.2, 0) is 19.1 Å². The first kappa shape index (κ1) is 16.9. The van der Waals surface area contributed by atoms with Crippen LogP contribution in [0.25, 0.3) is 0 Å². The highest BCUT2D eigenvalue weighted by Crippen LogP contribution is 2.15. The summed E-state index contributed by atoms with van der Waals surface area (Å²) in [7, 11) is 3.02. The molecule has 6 nitrogen and oxygen atoms in total. The minimum atomic E-state index is -0.418. The van der Waals surface area contributed by atoms with Crippen molar-refractivity contribution in [2.75, 3.05) is 46.9 Å². The van der Waals surface area contributed by atoms with E-state index < -0.39 is 5.60 Å². The fourth-order valence-electron chi connectivity index (χ4n) is 2.12. The number of nitrogens with zero attached hydrogens (tertiary/aromatic N) is 2. The zero-order valence-corrected chi connectivity index (χ0v) is 13.0. The molecule has 0 aromatic heterocycles. The van der Waals surface area contributed by atoms with E-state index in [1.54, 1.807) is 7.11 Å². The summed E-state index contributed by atoms with van der Waals surface area (Å²) in [5.74, 6) is -0.0604. The maximum absolute atomic E-state index is 12.1. The molecule has 0 atom stereocenters. The van der Waals surface area contributed by atoms with Gasteiger partial charge in [0, 0.05) is 39.8 Å². The molecule has 0 aromatic rings. The minimum Gasteiger partial charge on any atom is -0.469 e. The lowest BCUT2D eigenvalue weighted by Crippen LogP contribution is -2.50. The fourth-order valence-corrected chi connectivity index (χ4v) is 2.12. The van der Waals surface area contributed by atoms with E-state index in [-0.39, 0.29) is 11.9 Å². The first-order valence-electron chi connectivity index (χ1n) is 7.00. The van der Waals surface area contributed by atoms with Gasteiger partial charge in [-0.3, -0.25) is 14.5 Å². The van der Waals surface area contributed by atoms with Crippen molar-refractivity contribution in [1.29, 1.82) is 0 Å². The van der Waals surface area contributed by atoms with Crippen molar-refractivity contribution in [3.63, 3.8) is 0 Å². The Morgan fingerprint density at radius 2 is 1.70 bits per heavy atom. The minimum absolute atomic E-state index is 0.129. The number of carbonyl (C=O) groups excluding carboxylic acids is 2. The molecule has 0 radical (unpaired) electrons. The second-order valence-corrected chi connectivity index (χ2v) is 5.69. The first-order valence-corrected chi connectivity index (χ1v) is 7.00. The number of hydrogen-bond acceptors (Lipinski definition) is 5. The molecule has 0 unspecified atom stereocenters. The highest BCUT2D eigenvalue weighted by molar-refractivity contribution is 5.77. The van der Waals surface area contributed by atoms with Crippen molar-refractivity contribution in [2.45, 2.75) is 32.3 Å². The molecule has 0 spiro atoms. The number of carbonyl (C=O) groups is 2. The van der Waals surface area contributed by atoms with Crippen LogP contribution in [-0.4, -0.2) is 74.2 Å². The molecule has 0 saturated carbocycles. The Hall–Kier alpha value is -1.14. The van der Waals surface area contributed by atoms with Crippen LogP contribution >= 0.6 is 0 Å². The molecule has 1 amide bonds. The number of hydrogen-bond donors (Lipinski definition) is 0. The maximum atomic E-state index is 12.1. The molecule has 0 bridgehead atoms. The molecule has 1 rings (SSSR count). The summed E-state index contributed by atoms with van der Waals surface area (Å²) in [6, 6.07) is 0. The van der Waals surface area contributed by atoms with Gasteiger partial charge in [-0.2, -0.15) is 0 Å². The predicted octanol–water partition coefficient (Wildman–Crippen LogP) is 0.509. The van der Waals surface area contributed by atoms with Gasteiger partial charge in [-0.15, -0.1) is 0 Å². The summed E-state index contributed by atoms with van der Waals surface area (Å²) >= 11 is 0. The Labute approximate surface area is 121 Å². The third-order valence-electron chi connectivity index (χ3n) is 3.71. The lowest BCUT2D eigenvalue weighted by molar-refractivity contribution is -0.142. The molecule has 1 fully saturated rings. The number of piperazine rings is 1. The average Bonchev–Trinajstić information content (AvgIpc) is 2.44. The van der Waals surface area contributed by atoms with Crippen LogP contribution in [0.3, 0.4) is 0 Å². The number of amides is 1. The van der Waals surface area contributed by atoms with Crippen molar-refractivity contribution in [1.82, 2.24) is 9.80 Å². The molecule has 116 valence electrons. The SMILES string of the molecule is COC(=O)CCN1CCN(C(=O)CC(C)(C)OC)CC1. The largest absolute Gasteiger partial charge is 0.469 e. The highest BCUT2D eigenvalue weighted by Gasteiger charge is 2.27. The van der Waals surface area contributed by atoms with Crippen LogP contribution in [0.1, 0.15) is 26.7 Å². The zero-order valence-electron chi connectivity index (χ0n) is 13.0. The number of rotatable bonds is 6. The van der Waals surface area contributed by atoms with Crippen molar-refractivity contribution >= 4 is 11.9 Å². The highest BCUT2D eigenvalue weighted by atomic mass is 16.5. The van der Waals surface area contributed by atoms with Gasteiger partial charge in [0.25, 0.3) is 0 Å². The van der Waals surface area contributed by atoms with Gasteiger partial charge in [-0.05, 0) is 13.8 Å². The Bertz CT molecular complexity index is 336. The second-order valence-electron chi connectivity index (χ2n) is 5.69. The third-order valence-corrected chi connectivity index (χ3v) is 3.71. The third kappa shape index (κ3) is 5.46. The molecule has 20 heavy (non-hydrogen) atoms. The van der Waals surface area contributed by atoms with Crippen LogP contribution in [0, 0.1) is 0 Å². The molecule has 1 aliphatic heterocycles. The van der Waals surface area contributed by atoms with E-state index in [9.17, 15) is 9.59 Å². The molecule has 6 heteroatoms. The quantitative estimate of drug-likeness (QED) is 0.666. The molecule has 0 aliphatic carbocycles. The van der Waals surface area contributed by atoms with Gasteiger partial charge < -0.3 is 14.4 Å². The van der Waals surface area contributed by atoms with E-state index in [0.717, 1.165) is 13.1 Å². The van der Waals surface area contributed by atoms with Crippen LogP contribution in [0.4, 0.5) is 0 Å². The second kappa shape index (κ2) is 7.59. The standard InChI is InChI=1S/C14H26N2O4/c1-14(2,20-4)11-12(17)16-9-7-15(8-10-16)6-5-13(18)19-3/h5-11H2,1-4H3. The summed E-state index contributed by atoms with van der Waals surface area (Å²) in [6.07, 6.45) is 0.798. The van der Waals surface area contributed by atoms with Gasteiger partial charge in [0.05, 0.1) is 25.6 Å². The van der Waals surface area contributed by atoms with E-state index in [4.69, 9.17) is 4.74 Å². The zero-order chi connectivity index (χ0) is 15.2. The molecule has 1 saturated heterocycles. The van der Waals surface area contributed by atoms with Gasteiger partial charge in [0.2, 0.25) is 5.91 Å². The van der Waals surface area contributed by atoms with E-state index >= 15 is 0 Å². The molecule has 1 heterocycles. The Balaban J connectivity index is 2.31. The smallest absolute Gasteiger partial charge is 0.306 e. The van der Waals surface area contributed by atoms with Crippen molar-refractivity contribution < 1.29 is 19.1 Å². The fraction of sp³-hybridized carbons (Fsp3) is 0.857. The molecule has 0 aromatic carbocycles. The number of ether oxygens (including phenoxy) is 2. The van der Waals surface area contributed by atoms with Crippen molar-refractivity contribution in [3.05, 3.63) is 0 Å². The number of methoxy groups -OCH3 is 2. The van der Waals surface area contributed by atoms with E-state index in [2.05, 4.69) is 9.64 Å². The normalized spacial score (nSPS) is 17.1. The average molecular weight is 286 g/mol. The lowest BCUT2D eigenvalue weighted by Gasteiger charge is -2.36. The molecule has 1 aliphatic rings. The maximum Gasteiger partial charge on any atom is 0.306 e. The summed E-state index contributed by atoms with van der Waals surface area (Å²) < 4.78 is 9.91. The summed E-state index contributed by atoms with van der Waals surface area (Å²) in [4.78, 5) is 27.3. The molecular formula is C14H26N2O4. The van der Waals surface area contributed by atoms with Gasteiger partial charge in [0.1, 0.15) is 0 Å². The Morgan fingerprint density at radius 1 is 1.10 bits per heavy atom. The van der Waals surface area contributed by atoms with E-state index in [1.807, 2.05) is 18.7 Å². The van der Waals surface area contributed by atoms with Gasteiger partial charge in [-0.25, -0.2) is 0 Å². The lowest BCUT2D eigenvalue weighted by atomic mass is 10.0. The molecule has 0 N–H and O–H groups in total. The van der Waals surface area contributed by atoms with Crippen LogP contribution < -0.4 is 0 Å². The number of esters is 1. The Morgan fingerprint density at radius 3 is 2.20 bits per heavy atom. The van der Waals surface area contributed by atoms with E-state index in [1.165, 1.54) is 7.11 Å². The van der Waals surface area contributed by atoms with Gasteiger partial charge in [0.15, 0.2) is 0 Å². The van der Waals surface area contributed by atoms with Crippen LogP contribution in [0.2, 0.25) is 0 Å². The summed E-state index contributed by atoms with van der Waals surface area (Å²) in [6.45, 7) is 7.54. The Kier molecular flexibility index (Phi) is 6.42.